The molecule has 0 saturated carbocycles. The summed E-state index contributed by atoms with van der Waals surface area (Å²) in [6, 6.07) is -0.552. The zero-order chi connectivity index (χ0) is 45.8. The number of rotatable bonds is 52. The van der Waals surface area contributed by atoms with Crippen molar-refractivity contribution in [2.24, 2.45) is 0 Å². The van der Waals surface area contributed by atoms with Crippen LogP contribution in [0.1, 0.15) is 303 Å². The van der Waals surface area contributed by atoms with Crippen molar-refractivity contribution in [1.82, 2.24) is 5.32 Å². The van der Waals surface area contributed by atoms with Crippen LogP contribution in [0.2, 0.25) is 0 Å². The predicted octanol–water partition coefficient (Wildman–Crippen LogP) is 17.1. The number of unbranched alkanes of at least 4 members (excludes halogenated alkanes) is 37. The minimum absolute atomic E-state index is 0.0195. The van der Waals surface area contributed by atoms with Gasteiger partial charge in [0.05, 0.1) is 25.4 Å². The summed E-state index contributed by atoms with van der Waals surface area (Å²) in [5, 5.41) is 23.3. The van der Waals surface area contributed by atoms with Crippen molar-refractivity contribution in [2.75, 3.05) is 13.2 Å². The second-order valence-corrected chi connectivity index (χ2v) is 19.3. The lowest BCUT2D eigenvalue weighted by atomic mass is 10.0. The molecule has 63 heavy (non-hydrogen) atoms. The van der Waals surface area contributed by atoms with E-state index in [1.807, 2.05) is 0 Å². The monoisotopic (exact) mass is 888 g/mol. The van der Waals surface area contributed by atoms with E-state index >= 15 is 0 Å². The van der Waals surface area contributed by atoms with E-state index < -0.39 is 12.1 Å². The molecule has 0 fully saturated rings. The summed E-state index contributed by atoms with van der Waals surface area (Å²) in [4.78, 5) is 24.5. The molecule has 0 aliphatic rings. The number of nitrogens with one attached hydrogen (secondary N) is 1. The number of allylic oxidation sites excluding steroid dienone is 4. The van der Waals surface area contributed by atoms with Gasteiger partial charge in [0.1, 0.15) is 0 Å². The third-order valence-electron chi connectivity index (χ3n) is 13.0. The third-order valence-corrected chi connectivity index (χ3v) is 13.0. The lowest BCUT2D eigenvalue weighted by Gasteiger charge is -2.22. The summed E-state index contributed by atoms with van der Waals surface area (Å²) in [7, 11) is 0. The highest BCUT2D eigenvalue weighted by molar-refractivity contribution is 5.76. The molecule has 0 aromatic heterocycles. The van der Waals surface area contributed by atoms with Crippen LogP contribution >= 0.6 is 0 Å². The molecule has 0 aliphatic heterocycles. The molecule has 0 bridgehead atoms. The second-order valence-electron chi connectivity index (χ2n) is 19.3. The topological polar surface area (TPSA) is 95.9 Å². The molecule has 0 heterocycles. The maximum Gasteiger partial charge on any atom is 0.305 e. The van der Waals surface area contributed by atoms with Crippen molar-refractivity contribution in [3.63, 3.8) is 0 Å². The van der Waals surface area contributed by atoms with Crippen LogP contribution in [0.15, 0.2) is 24.3 Å². The van der Waals surface area contributed by atoms with Gasteiger partial charge in [-0.3, -0.25) is 9.59 Å². The van der Waals surface area contributed by atoms with Crippen LogP contribution in [0.3, 0.4) is 0 Å². The molecule has 6 heteroatoms. The van der Waals surface area contributed by atoms with Gasteiger partial charge < -0.3 is 20.3 Å². The summed E-state index contributed by atoms with van der Waals surface area (Å²) in [5.41, 5.74) is 0. The molecule has 2 unspecified atom stereocenters. The average molecular weight is 889 g/mol. The van der Waals surface area contributed by atoms with E-state index in [0.717, 1.165) is 57.8 Å². The van der Waals surface area contributed by atoms with Gasteiger partial charge in [0.15, 0.2) is 0 Å². The molecule has 0 rings (SSSR count). The molecular formula is C57H109NO5. The Bertz CT molecular complexity index is 982. The Hall–Kier alpha value is -1.66. The van der Waals surface area contributed by atoms with Crippen molar-refractivity contribution in [1.29, 1.82) is 0 Å². The maximum absolute atomic E-state index is 12.5. The van der Waals surface area contributed by atoms with Gasteiger partial charge in [0, 0.05) is 12.8 Å². The van der Waals surface area contributed by atoms with Crippen LogP contribution < -0.4 is 5.32 Å². The Labute approximate surface area is 392 Å². The minimum Gasteiger partial charge on any atom is -0.466 e. The van der Waals surface area contributed by atoms with Crippen LogP contribution in [0, 0.1) is 0 Å². The summed E-state index contributed by atoms with van der Waals surface area (Å²) in [6.07, 6.45) is 62.9. The van der Waals surface area contributed by atoms with Crippen molar-refractivity contribution in [3.05, 3.63) is 24.3 Å². The standard InChI is InChI=1S/C57H109NO5/c1-3-5-7-9-11-13-15-17-19-20-21-22-23-25-29-33-37-41-45-49-55(60)54(53-59)58-56(61)50-46-42-38-34-30-26-24-28-32-36-40-44-48-52-63-57(62)51-47-43-39-35-31-27-18-16-14-12-10-8-6-4-2/h10,12,16,18,54-55,59-60H,3-9,11,13-15,17,19-53H2,1-2H3,(H,58,61)/b12-10-,18-16-. The number of aliphatic hydroxyl groups excluding tert-OH is 2. The summed E-state index contributed by atoms with van der Waals surface area (Å²) in [6.45, 7) is 4.89. The molecule has 6 nitrogen and oxygen atoms in total. The lowest BCUT2D eigenvalue weighted by molar-refractivity contribution is -0.143. The minimum atomic E-state index is -0.674. The molecule has 2 atom stereocenters. The zero-order valence-electron chi connectivity index (χ0n) is 42.3. The van der Waals surface area contributed by atoms with Gasteiger partial charge in [0.25, 0.3) is 0 Å². The van der Waals surface area contributed by atoms with E-state index in [-0.39, 0.29) is 18.5 Å². The quantitative estimate of drug-likeness (QED) is 0.0321. The Kier molecular flexibility index (Phi) is 51.6. The second kappa shape index (κ2) is 53.0. The summed E-state index contributed by atoms with van der Waals surface area (Å²) in [5.74, 6) is -0.0659. The first-order valence-corrected chi connectivity index (χ1v) is 28.1. The van der Waals surface area contributed by atoms with Gasteiger partial charge >= 0.3 is 5.97 Å². The highest BCUT2D eigenvalue weighted by atomic mass is 16.5. The van der Waals surface area contributed by atoms with Crippen molar-refractivity contribution < 1.29 is 24.5 Å². The number of ether oxygens (including phenoxy) is 1. The number of carbonyl (C=O) groups excluding carboxylic acids is 2. The van der Waals surface area contributed by atoms with Crippen molar-refractivity contribution in [3.8, 4) is 0 Å². The number of hydrogen-bond acceptors (Lipinski definition) is 5. The zero-order valence-corrected chi connectivity index (χ0v) is 42.3. The average Bonchev–Trinajstić information content (AvgIpc) is 3.28. The van der Waals surface area contributed by atoms with Gasteiger partial charge in [-0.2, -0.15) is 0 Å². The molecular weight excluding hydrogens is 779 g/mol. The van der Waals surface area contributed by atoms with Crippen LogP contribution in [-0.2, 0) is 14.3 Å². The first kappa shape index (κ1) is 61.3. The van der Waals surface area contributed by atoms with Crippen molar-refractivity contribution in [2.45, 2.75) is 315 Å². The Morgan fingerprint density at radius 3 is 1.25 bits per heavy atom. The molecule has 3 N–H and O–H groups in total. The van der Waals surface area contributed by atoms with Gasteiger partial charge in [-0.25, -0.2) is 0 Å². The van der Waals surface area contributed by atoms with Gasteiger partial charge in [-0.05, 0) is 51.4 Å². The molecule has 1 amide bonds. The summed E-state index contributed by atoms with van der Waals surface area (Å²) < 4.78 is 5.46. The molecule has 0 radical (unpaired) electrons. The lowest BCUT2D eigenvalue weighted by Crippen LogP contribution is -2.45. The van der Waals surface area contributed by atoms with Gasteiger partial charge in [0.2, 0.25) is 5.91 Å². The SMILES string of the molecule is CCCC/C=C\C/C=C\CCCCCCCC(=O)OCCCCCCCCCCCCCCCC(=O)NC(CO)C(O)CCCCCCCCCCCCCCCCCCCCC. The molecule has 0 aromatic rings. The first-order chi connectivity index (χ1) is 31.0. The van der Waals surface area contributed by atoms with Gasteiger partial charge in [-0.1, -0.05) is 263 Å². The van der Waals surface area contributed by atoms with Crippen LogP contribution in [0.4, 0.5) is 0 Å². The van der Waals surface area contributed by atoms with Crippen LogP contribution in [0.25, 0.3) is 0 Å². The molecule has 0 aromatic carbocycles. The molecule has 0 spiro atoms. The third kappa shape index (κ3) is 49.6. The molecule has 0 aliphatic carbocycles. The fraction of sp³-hybridized carbons (Fsp3) is 0.895. The first-order valence-electron chi connectivity index (χ1n) is 28.1. The number of carbonyl (C=O) groups is 2. The van der Waals surface area contributed by atoms with E-state index in [1.54, 1.807) is 0 Å². The number of esters is 1. The molecule has 372 valence electrons. The number of aliphatic hydroxyl groups is 2. The number of hydrogen-bond donors (Lipinski definition) is 3. The fourth-order valence-corrected chi connectivity index (χ4v) is 8.66. The van der Waals surface area contributed by atoms with E-state index in [9.17, 15) is 19.8 Å². The van der Waals surface area contributed by atoms with E-state index in [0.29, 0.717) is 25.9 Å². The Balaban J connectivity index is 3.46. The van der Waals surface area contributed by atoms with Gasteiger partial charge in [-0.15, -0.1) is 0 Å². The van der Waals surface area contributed by atoms with E-state index in [2.05, 4.69) is 43.5 Å². The Morgan fingerprint density at radius 1 is 0.444 bits per heavy atom. The smallest absolute Gasteiger partial charge is 0.305 e. The molecule has 0 saturated heterocycles. The van der Waals surface area contributed by atoms with E-state index in [4.69, 9.17) is 4.74 Å². The normalized spacial score (nSPS) is 12.8. The van der Waals surface area contributed by atoms with E-state index in [1.165, 1.54) is 212 Å². The van der Waals surface area contributed by atoms with Crippen molar-refractivity contribution >= 4 is 11.9 Å². The van der Waals surface area contributed by atoms with Crippen LogP contribution in [0.5, 0.6) is 0 Å². The number of amides is 1. The highest BCUT2D eigenvalue weighted by Crippen LogP contribution is 2.17. The fourth-order valence-electron chi connectivity index (χ4n) is 8.66. The predicted molar refractivity (Wildman–Crippen MR) is 273 cm³/mol. The highest BCUT2D eigenvalue weighted by Gasteiger charge is 2.20. The maximum atomic E-state index is 12.5. The van der Waals surface area contributed by atoms with Crippen LogP contribution in [-0.4, -0.2) is 47.4 Å². The largest absolute Gasteiger partial charge is 0.466 e. The Morgan fingerprint density at radius 2 is 0.810 bits per heavy atom. The summed E-state index contributed by atoms with van der Waals surface area (Å²) >= 11 is 0.